The van der Waals surface area contributed by atoms with Crippen LogP contribution < -0.4 is 9.47 Å². The topological polar surface area (TPSA) is 104 Å². The van der Waals surface area contributed by atoms with Gasteiger partial charge in [0.2, 0.25) is 12.0 Å². The number of rotatable bonds is 6. The summed E-state index contributed by atoms with van der Waals surface area (Å²) in [7, 11) is 2.85. The van der Waals surface area contributed by atoms with Crippen LogP contribution in [0.2, 0.25) is 0 Å². The summed E-state index contributed by atoms with van der Waals surface area (Å²) < 4.78 is 21.5. The molecule has 0 bridgehead atoms. The van der Waals surface area contributed by atoms with E-state index in [0.717, 1.165) is 0 Å². The van der Waals surface area contributed by atoms with E-state index in [1.807, 2.05) is 12.1 Å². The lowest BCUT2D eigenvalue weighted by molar-refractivity contribution is -0.227. The van der Waals surface area contributed by atoms with E-state index in [-0.39, 0.29) is 31.4 Å². The number of esters is 1. The maximum Gasteiger partial charge on any atom is 0.311 e. The van der Waals surface area contributed by atoms with Gasteiger partial charge in [-0.2, -0.15) is 0 Å². The molecule has 1 aromatic carbocycles. The first-order valence-corrected chi connectivity index (χ1v) is 10.7. The van der Waals surface area contributed by atoms with Gasteiger partial charge in [0, 0.05) is 26.6 Å². The molecule has 1 aromatic rings. The summed E-state index contributed by atoms with van der Waals surface area (Å²) in [6.45, 7) is 1.34. The van der Waals surface area contributed by atoms with Crippen LogP contribution in [0.1, 0.15) is 19.3 Å². The molecule has 0 N–H and O–H groups in total. The Kier molecular flexibility index (Phi) is 6.52. The zero-order valence-electron chi connectivity index (χ0n) is 18.3. The molecule has 3 aliphatic rings. The predicted molar refractivity (Wildman–Crippen MR) is 110 cm³/mol. The number of methoxy groups -OCH3 is 2. The fourth-order valence-corrected chi connectivity index (χ4v) is 4.71. The molecule has 2 amide bonds. The summed E-state index contributed by atoms with van der Waals surface area (Å²) in [5.74, 6) is -0.395. The van der Waals surface area contributed by atoms with Crippen molar-refractivity contribution < 1.29 is 38.2 Å². The highest BCUT2D eigenvalue weighted by molar-refractivity contribution is 5.88. The molecule has 1 spiro atoms. The Labute approximate surface area is 186 Å². The predicted octanol–water partition coefficient (Wildman–Crippen LogP) is 0.787. The standard InChI is InChI=1S/C22H28N2O8/c1-28-11-12-31-24-19(25)13-15(21(27)29-2)22(24)7-9-23(10-8-22)20(26)18-14-30-16-5-3-4-6-17(16)32-18/h3-6,15,18H,7-14H2,1-2H3. The number of carbonyl (C=O) groups excluding carboxylic acids is 3. The summed E-state index contributed by atoms with van der Waals surface area (Å²) in [4.78, 5) is 45.7. The highest BCUT2D eigenvalue weighted by Gasteiger charge is 2.59. The number of fused-ring (bicyclic) bond motifs is 1. The van der Waals surface area contributed by atoms with Gasteiger partial charge in [-0.3, -0.25) is 19.2 Å². The molecule has 2 unspecified atom stereocenters. The molecule has 4 rings (SSSR count). The third-order valence-electron chi connectivity index (χ3n) is 6.38. The van der Waals surface area contributed by atoms with Gasteiger partial charge in [-0.25, -0.2) is 5.06 Å². The summed E-state index contributed by atoms with van der Waals surface area (Å²) in [5.41, 5.74) is -0.856. The van der Waals surface area contributed by atoms with Crippen LogP contribution >= 0.6 is 0 Å². The van der Waals surface area contributed by atoms with Crippen LogP contribution in [0.25, 0.3) is 0 Å². The molecule has 10 heteroatoms. The van der Waals surface area contributed by atoms with Gasteiger partial charge in [0.25, 0.3) is 5.91 Å². The zero-order chi connectivity index (χ0) is 22.7. The number of hydrogen-bond donors (Lipinski definition) is 0. The van der Waals surface area contributed by atoms with Gasteiger partial charge < -0.3 is 23.8 Å². The van der Waals surface area contributed by atoms with Crippen LogP contribution in [0.3, 0.4) is 0 Å². The molecule has 3 aliphatic heterocycles. The van der Waals surface area contributed by atoms with Gasteiger partial charge in [-0.1, -0.05) is 12.1 Å². The summed E-state index contributed by atoms with van der Waals surface area (Å²) >= 11 is 0. The molecule has 0 saturated carbocycles. The van der Waals surface area contributed by atoms with Crippen LogP contribution in [0.15, 0.2) is 24.3 Å². The first-order valence-electron chi connectivity index (χ1n) is 10.7. The van der Waals surface area contributed by atoms with Gasteiger partial charge in [0.15, 0.2) is 11.5 Å². The molecule has 10 nitrogen and oxygen atoms in total. The minimum atomic E-state index is -0.856. The number of para-hydroxylation sites is 2. The smallest absolute Gasteiger partial charge is 0.311 e. The Hall–Kier alpha value is -2.85. The van der Waals surface area contributed by atoms with Gasteiger partial charge in [-0.15, -0.1) is 0 Å². The second-order valence-electron chi connectivity index (χ2n) is 8.09. The number of ether oxygens (including phenoxy) is 4. The summed E-state index contributed by atoms with van der Waals surface area (Å²) in [6.07, 6.45) is 0.0573. The lowest BCUT2D eigenvalue weighted by Crippen LogP contribution is -2.59. The van der Waals surface area contributed by atoms with E-state index < -0.39 is 23.5 Å². The minimum absolute atomic E-state index is 0.0178. The monoisotopic (exact) mass is 448 g/mol. The lowest BCUT2D eigenvalue weighted by Gasteiger charge is -2.46. The number of hydrogen-bond acceptors (Lipinski definition) is 8. The number of likely N-dealkylation sites (tertiary alicyclic amines) is 1. The van der Waals surface area contributed by atoms with E-state index in [1.165, 1.54) is 12.2 Å². The van der Waals surface area contributed by atoms with Crippen LogP contribution in [0.4, 0.5) is 0 Å². The highest BCUT2D eigenvalue weighted by atomic mass is 16.7. The Morgan fingerprint density at radius 1 is 1.12 bits per heavy atom. The van der Waals surface area contributed by atoms with E-state index in [1.54, 1.807) is 24.1 Å². The van der Waals surface area contributed by atoms with E-state index in [0.29, 0.717) is 44.0 Å². The van der Waals surface area contributed by atoms with Crippen molar-refractivity contribution >= 4 is 17.8 Å². The molecule has 2 fully saturated rings. The van der Waals surface area contributed by atoms with Gasteiger partial charge >= 0.3 is 5.97 Å². The summed E-state index contributed by atoms with van der Waals surface area (Å²) in [6, 6.07) is 7.22. The van der Waals surface area contributed by atoms with Gasteiger partial charge in [-0.05, 0) is 25.0 Å². The molecule has 2 saturated heterocycles. The maximum atomic E-state index is 13.1. The van der Waals surface area contributed by atoms with E-state index in [4.69, 9.17) is 23.8 Å². The first-order chi connectivity index (χ1) is 15.5. The number of carbonyl (C=O) groups is 3. The number of nitrogens with zero attached hydrogens (tertiary/aromatic N) is 2. The fraction of sp³-hybridized carbons (Fsp3) is 0.591. The van der Waals surface area contributed by atoms with Crippen LogP contribution in [0.5, 0.6) is 11.5 Å². The van der Waals surface area contributed by atoms with E-state index in [2.05, 4.69) is 0 Å². The second-order valence-corrected chi connectivity index (χ2v) is 8.09. The molecule has 0 aromatic heterocycles. The molecule has 0 aliphatic carbocycles. The molecule has 32 heavy (non-hydrogen) atoms. The highest BCUT2D eigenvalue weighted by Crippen LogP contribution is 2.44. The lowest BCUT2D eigenvalue weighted by atomic mass is 9.77. The van der Waals surface area contributed by atoms with Crippen LogP contribution in [0, 0.1) is 5.92 Å². The molecule has 174 valence electrons. The van der Waals surface area contributed by atoms with Crippen molar-refractivity contribution in [2.45, 2.75) is 30.9 Å². The number of hydroxylamine groups is 2. The third-order valence-corrected chi connectivity index (χ3v) is 6.38. The maximum absolute atomic E-state index is 13.1. The van der Waals surface area contributed by atoms with E-state index in [9.17, 15) is 14.4 Å². The molecule has 2 atom stereocenters. The van der Waals surface area contributed by atoms with Crippen LogP contribution in [-0.4, -0.2) is 86.5 Å². The number of benzene rings is 1. The number of amides is 2. The Morgan fingerprint density at radius 2 is 1.84 bits per heavy atom. The molecule has 3 heterocycles. The molecular weight excluding hydrogens is 420 g/mol. The van der Waals surface area contributed by atoms with Gasteiger partial charge in [0.05, 0.1) is 31.8 Å². The van der Waals surface area contributed by atoms with Crippen molar-refractivity contribution in [1.29, 1.82) is 0 Å². The average molecular weight is 448 g/mol. The van der Waals surface area contributed by atoms with Crippen molar-refractivity contribution in [1.82, 2.24) is 9.96 Å². The Balaban J connectivity index is 1.46. The molecule has 0 radical (unpaired) electrons. The van der Waals surface area contributed by atoms with Crippen molar-refractivity contribution in [3.8, 4) is 11.5 Å². The normalized spacial score (nSPS) is 24.0. The summed E-state index contributed by atoms with van der Waals surface area (Å²) in [5, 5.41) is 1.33. The van der Waals surface area contributed by atoms with Gasteiger partial charge in [0.1, 0.15) is 6.61 Å². The van der Waals surface area contributed by atoms with Crippen molar-refractivity contribution in [3.63, 3.8) is 0 Å². The zero-order valence-corrected chi connectivity index (χ0v) is 18.3. The third kappa shape index (κ3) is 4.00. The fourth-order valence-electron chi connectivity index (χ4n) is 4.71. The number of piperidine rings is 1. The van der Waals surface area contributed by atoms with Crippen molar-refractivity contribution in [3.05, 3.63) is 24.3 Å². The first kappa shape index (κ1) is 22.3. The van der Waals surface area contributed by atoms with Crippen molar-refractivity contribution in [2.75, 3.05) is 47.1 Å². The SMILES string of the molecule is COCCON1C(=O)CC(C(=O)OC)C12CCN(C(=O)C1COc3ccccc3O1)CC2. The van der Waals surface area contributed by atoms with Crippen LogP contribution in [-0.2, 0) is 28.7 Å². The van der Waals surface area contributed by atoms with E-state index >= 15 is 0 Å². The molecular formula is C22H28N2O8. The second kappa shape index (κ2) is 9.33. The van der Waals surface area contributed by atoms with Crippen molar-refractivity contribution in [2.24, 2.45) is 5.92 Å². The average Bonchev–Trinajstić information content (AvgIpc) is 3.09. The minimum Gasteiger partial charge on any atom is -0.485 e. The largest absolute Gasteiger partial charge is 0.485 e. The quantitative estimate of drug-likeness (QED) is 0.465. The Morgan fingerprint density at radius 3 is 2.53 bits per heavy atom. The Bertz CT molecular complexity index is 867.